The quantitative estimate of drug-likeness (QED) is 0.648. The molecule has 0 bridgehead atoms. The average molecular weight is 357 g/mol. The molecule has 0 N–H and O–H groups in total. The number of benzene rings is 2. The monoisotopic (exact) mass is 356 g/mol. The molecule has 0 aliphatic rings. The summed E-state index contributed by atoms with van der Waals surface area (Å²) >= 11 is 0. The van der Waals surface area contributed by atoms with Crippen LogP contribution in [0.4, 0.5) is 11.4 Å². The van der Waals surface area contributed by atoms with Gasteiger partial charge in [-0.15, -0.1) is 0 Å². The number of ether oxygens (including phenoxy) is 2. The van der Waals surface area contributed by atoms with Crippen LogP contribution < -0.4 is 14.5 Å². The summed E-state index contributed by atoms with van der Waals surface area (Å²) in [6.07, 6.45) is -0.154. The number of rotatable bonds is 9. The molecule has 0 fully saturated rings. The van der Waals surface area contributed by atoms with Gasteiger partial charge in [0.2, 0.25) is 0 Å². The average Bonchev–Trinajstić information content (AvgIpc) is 2.65. The maximum Gasteiger partial charge on any atom is 0.127 e. The Hall–Kier alpha value is -2.20. The van der Waals surface area contributed by atoms with Crippen molar-refractivity contribution in [1.29, 1.82) is 0 Å². The molecule has 2 aromatic rings. The number of hydrogen-bond donors (Lipinski definition) is 0. The van der Waals surface area contributed by atoms with Crippen LogP contribution in [0.25, 0.3) is 0 Å². The zero-order chi connectivity index (χ0) is 19.1. The number of methoxy groups -OCH3 is 1. The predicted molar refractivity (Wildman–Crippen MR) is 111 cm³/mol. The van der Waals surface area contributed by atoms with Crippen LogP contribution in [0.5, 0.6) is 5.75 Å². The van der Waals surface area contributed by atoms with Crippen molar-refractivity contribution in [2.75, 3.05) is 50.7 Å². The number of hydrogen-bond acceptors (Lipinski definition) is 4. The third kappa shape index (κ3) is 4.50. The highest BCUT2D eigenvalue weighted by Crippen LogP contribution is 2.36. The van der Waals surface area contributed by atoms with Gasteiger partial charge in [0.05, 0.1) is 6.61 Å². The fourth-order valence-electron chi connectivity index (χ4n) is 3.20. The van der Waals surface area contributed by atoms with Gasteiger partial charge in [-0.3, -0.25) is 0 Å². The Labute approximate surface area is 158 Å². The minimum atomic E-state index is -0.154. The molecule has 2 rings (SSSR count). The Morgan fingerprint density at radius 2 is 1.50 bits per heavy atom. The molecule has 26 heavy (non-hydrogen) atoms. The van der Waals surface area contributed by atoms with E-state index in [9.17, 15) is 0 Å². The van der Waals surface area contributed by atoms with E-state index in [4.69, 9.17) is 9.47 Å². The molecule has 142 valence electrons. The molecule has 1 unspecified atom stereocenters. The van der Waals surface area contributed by atoms with Crippen LogP contribution in [0.3, 0.4) is 0 Å². The molecule has 0 spiro atoms. The van der Waals surface area contributed by atoms with Crippen molar-refractivity contribution in [3.63, 3.8) is 0 Å². The molecular formula is C22H32N2O2. The van der Waals surface area contributed by atoms with Gasteiger partial charge in [0.1, 0.15) is 11.9 Å². The molecule has 0 saturated heterocycles. The van der Waals surface area contributed by atoms with Crippen LogP contribution in [0.1, 0.15) is 38.0 Å². The van der Waals surface area contributed by atoms with E-state index in [-0.39, 0.29) is 6.10 Å². The van der Waals surface area contributed by atoms with E-state index in [2.05, 4.69) is 66.1 Å². The summed E-state index contributed by atoms with van der Waals surface area (Å²) in [5.74, 6) is 0.889. The standard InChI is InChI=1S/C22H32N2O2/c1-7-24(8-2)19-14-15-20(21(16-19)26-9-3)22(25-6)17-10-12-18(13-11-17)23(4)5/h10-16,22H,7-9H2,1-6H3. The number of nitrogens with zero attached hydrogens (tertiary/aromatic N) is 2. The topological polar surface area (TPSA) is 24.9 Å². The smallest absolute Gasteiger partial charge is 0.127 e. The Morgan fingerprint density at radius 1 is 0.885 bits per heavy atom. The second-order valence-electron chi connectivity index (χ2n) is 6.43. The zero-order valence-electron chi connectivity index (χ0n) is 17.0. The van der Waals surface area contributed by atoms with Gasteiger partial charge in [-0.2, -0.15) is 0 Å². The van der Waals surface area contributed by atoms with Crippen LogP contribution in [-0.4, -0.2) is 40.9 Å². The largest absolute Gasteiger partial charge is 0.493 e. The van der Waals surface area contributed by atoms with Crippen LogP contribution in [-0.2, 0) is 4.74 Å². The highest BCUT2D eigenvalue weighted by atomic mass is 16.5. The van der Waals surface area contributed by atoms with Crippen molar-refractivity contribution in [2.24, 2.45) is 0 Å². The van der Waals surface area contributed by atoms with Gasteiger partial charge >= 0.3 is 0 Å². The van der Waals surface area contributed by atoms with E-state index in [1.165, 1.54) is 11.4 Å². The SMILES string of the molecule is CCOc1cc(N(CC)CC)ccc1C(OC)c1ccc(N(C)C)cc1. The van der Waals surface area contributed by atoms with Gasteiger partial charge in [-0.1, -0.05) is 18.2 Å². The maximum absolute atomic E-state index is 5.97. The van der Waals surface area contributed by atoms with Crippen molar-refractivity contribution in [3.05, 3.63) is 53.6 Å². The third-order valence-corrected chi connectivity index (χ3v) is 4.66. The van der Waals surface area contributed by atoms with Crippen LogP contribution in [0.2, 0.25) is 0 Å². The van der Waals surface area contributed by atoms with Crippen molar-refractivity contribution in [2.45, 2.75) is 26.9 Å². The summed E-state index contributed by atoms with van der Waals surface area (Å²) in [5.41, 5.74) is 4.53. The summed E-state index contributed by atoms with van der Waals surface area (Å²) in [4.78, 5) is 4.41. The van der Waals surface area contributed by atoms with Gasteiger partial charge in [-0.05, 0) is 44.5 Å². The van der Waals surface area contributed by atoms with Gasteiger partial charge in [0.15, 0.2) is 0 Å². The summed E-state index contributed by atoms with van der Waals surface area (Å²) in [5, 5.41) is 0. The Kier molecular flexibility index (Phi) is 7.34. The van der Waals surface area contributed by atoms with E-state index >= 15 is 0 Å². The molecule has 0 aromatic heterocycles. The molecule has 0 saturated carbocycles. The number of anilines is 2. The van der Waals surface area contributed by atoms with Crippen LogP contribution in [0.15, 0.2) is 42.5 Å². The Bertz CT molecular complexity index is 679. The first kappa shape index (κ1) is 20.1. The molecule has 2 aromatic carbocycles. The molecule has 1 atom stereocenters. The summed E-state index contributed by atoms with van der Waals surface area (Å²) in [6, 6.07) is 14.9. The Balaban J connectivity index is 2.42. The fourth-order valence-corrected chi connectivity index (χ4v) is 3.20. The summed E-state index contributed by atoms with van der Waals surface area (Å²) in [6.45, 7) is 8.93. The molecule has 0 aliphatic heterocycles. The van der Waals surface area contributed by atoms with E-state index in [0.29, 0.717) is 6.61 Å². The van der Waals surface area contributed by atoms with E-state index in [1.54, 1.807) is 7.11 Å². The third-order valence-electron chi connectivity index (χ3n) is 4.66. The van der Waals surface area contributed by atoms with Gasteiger partial charge in [0, 0.05) is 57.3 Å². The van der Waals surface area contributed by atoms with E-state index in [1.807, 2.05) is 21.0 Å². The molecular weight excluding hydrogens is 324 g/mol. The zero-order valence-corrected chi connectivity index (χ0v) is 17.0. The van der Waals surface area contributed by atoms with Crippen LogP contribution >= 0.6 is 0 Å². The first-order chi connectivity index (χ1) is 12.5. The van der Waals surface area contributed by atoms with Gasteiger partial charge < -0.3 is 19.3 Å². The van der Waals surface area contributed by atoms with Crippen molar-refractivity contribution in [1.82, 2.24) is 0 Å². The second-order valence-corrected chi connectivity index (χ2v) is 6.43. The van der Waals surface area contributed by atoms with Crippen molar-refractivity contribution >= 4 is 11.4 Å². The predicted octanol–water partition coefficient (Wildman–Crippen LogP) is 4.73. The molecule has 4 nitrogen and oxygen atoms in total. The van der Waals surface area contributed by atoms with Gasteiger partial charge in [0.25, 0.3) is 0 Å². The summed E-state index contributed by atoms with van der Waals surface area (Å²) < 4.78 is 11.8. The summed E-state index contributed by atoms with van der Waals surface area (Å²) in [7, 11) is 5.84. The van der Waals surface area contributed by atoms with E-state index < -0.39 is 0 Å². The highest BCUT2D eigenvalue weighted by molar-refractivity contribution is 5.56. The molecule has 4 heteroatoms. The van der Waals surface area contributed by atoms with Crippen molar-refractivity contribution in [3.8, 4) is 5.75 Å². The van der Waals surface area contributed by atoms with Crippen LogP contribution in [0, 0.1) is 0 Å². The minimum Gasteiger partial charge on any atom is -0.493 e. The lowest BCUT2D eigenvalue weighted by atomic mass is 9.99. The Morgan fingerprint density at radius 3 is 2.00 bits per heavy atom. The maximum atomic E-state index is 5.97. The lowest BCUT2D eigenvalue weighted by Crippen LogP contribution is -2.22. The molecule has 0 heterocycles. The normalized spacial score (nSPS) is 11.9. The lowest BCUT2D eigenvalue weighted by molar-refractivity contribution is 0.133. The molecule has 0 aliphatic carbocycles. The van der Waals surface area contributed by atoms with E-state index in [0.717, 1.165) is 30.0 Å². The van der Waals surface area contributed by atoms with Gasteiger partial charge in [-0.25, -0.2) is 0 Å². The molecule has 0 amide bonds. The lowest BCUT2D eigenvalue weighted by Gasteiger charge is -2.25. The van der Waals surface area contributed by atoms with Crippen molar-refractivity contribution < 1.29 is 9.47 Å². The molecule has 0 radical (unpaired) electrons. The minimum absolute atomic E-state index is 0.154. The first-order valence-corrected chi connectivity index (χ1v) is 9.37. The second kappa shape index (κ2) is 9.48. The first-order valence-electron chi connectivity index (χ1n) is 9.37. The highest BCUT2D eigenvalue weighted by Gasteiger charge is 2.19. The fraction of sp³-hybridized carbons (Fsp3) is 0.455.